The van der Waals surface area contributed by atoms with E-state index in [9.17, 15) is 18.3 Å². The molecule has 0 saturated heterocycles. The molecule has 0 amide bonds. The first-order valence-corrected chi connectivity index (χ1v) is 7.13. The fourth-order valence-corrected chi connectivity index (χ4v) is 3.54. The van der Waals surface area contributed by atoms with E-state index in [1.165, 1.54) is 6.92 Å². The Hall–Kier alpha value is -2.07. The van der Waals surface area contributed by atoms with Gasteiger partial charge in [0.25, 0.3) is 10.0 Å². The van der Waals surface area contributed by atoms with E-state index in [2.05, 4.69) is 0 Å². The average Bonchev–Trinajstić information content (AvgIpc) is 2.77. The van der Waals surface area contributed by atoms with Crippen molar-refractivity contribution >= 4 is 21.7 Å². The highest BCUT2D eigenvalue weighted by atomic mass is 32.2. The molecule has 100 valence electrons. The van der Waals surface area contributed by atoms with E-state index >= 15 is 0 Å². The molecule has 0 aromatic heterocycles. The monoisotopic (exact) mass is 280 g/mol. The Kier molecular flexibility index (Phi) is 3.20. The summed E-state index contributed by atoms with van der Waals surface area (Å²) >= 11 is 0. The van der Waals surface area contributed by atoms with Crippen molar-refractivity contribution in [3.05, 3.63) is 29.8 Å². The Morgan fingerprint density at radius 1 is 1.53 bits per heavy atom. The van der Waals surface area contributed by atoms with Crippen LogP contribution < -0.4 is 4.31 Å². The number of sulfonamides is 1. The highest BCUT2D eigenvalue weighted by Crippen LogP contribution is 2.35. The molecule has 1 aromatic carbocycles. The Morgan fingerprint density at radius 3 is 2.74 bits per heavy atom. The predicted octanol–water partition coefficient (Wildman–Crippen LogP) is 0.744. The van der Waals surface area contributed by atoms with Gasteiger partial charge in [-0.1, -0.05) is 18.2 Å². The van der Waals surface area contributed by atoms with E-state index < -0.39 is 27.3 Å². The molecular formula is C12H12N2O4S. The number of carboxylic acid groups (broad SMARTS) is 1. The Balaban J connectivity index is 2.58. The van der Waals surface area contributed by atoms with Crippen molar-refractivity contribution in [2.75, 3.05) is 4.31 Å². The topological polar surface area (TPSA) is 98.5 Å². The van der Waals surface area contributed by atoms with Crippen LogP contribution >= 0.6 is 0 Å². The molecule has 2 atom stereocenters. The number of carbonyl (C=O) groups is 1. The molecule has 19 heavy (non-hydrogen) atoms. The third kappa shape index (κ3) is 2.04. The summed E-state index contributed by atoms with van der Waals surface area (Å²) in [5.74, 6) is -1.22. The fraction of sp³-hybridized carbons (Fsp3) is 0.333. The Morgan fingerprint density at radius 2 is 2.16 bits per heavy atom. The third-order valence-electron chi connectivity index (χ3n) is 3.11. The van der Waals surface area contributed by atoms with Crippen LogP contribution in [0.4, 0.5) is 5.69 Å². The standard InChI is InChI=1S/C12H12N2O4S/c1-8(7-13)19(17,18)14-10-5-3-2-4-9(10)6-11(14)12(15)16/h2-5,8,11H,6H2,1H3,(H,15,16)/t8?,11-/m0/s1. The van der Waals surface area contributed by atoms with Crippen LogP contribution in [-0.2, 0) is 21.2 Å². The Labute approximate surface area is 110 Å². The summed E-state index contributed by atoms with van der Waals surface area (Å²) in [5.41, 5.74) is 1.00. The molecule has 1 aliphatic rings. The second-order valence-electron chi connectivity index (χ2n) is 4.30. The van der Waals surface area contributed by atoms with Crippen LogP contribution in [0.3, 0.4) is 0 Å². The lowest BCUT2D eigenvalue weighted by molar-refractivity contribution is -0.138. The molecule has 6 nitrogen and oxygen atoms in total. The number of carboxylic acids is 1. The van der Waals surface area contributed by atoms with Crippen molar-refractivity contribution in [1.29, 1.82) is 5.26 Å². The molecule has 0 radical (unpaired) electrons. The van der Waals surface area contributed by atoms with Crippen LogP contribution in [0.15, 0.2) is 24.3 Å². The lowest BCUT2D eigenvalue weighted by Crippen LogP contribution is -2.46. The molecule has 1 aromatic rings. The number of nitrogens with zero attached hydrogens (tertiary/aromatic N) is 2. The van der Waals surface area contributed by atoms with Crippen molar-refractivity contribution in [2.24, 2.45) is 0 Å². The van der Waals surface area contributed by atoms with E-state index in [-0.39, 0.29) is 6.42 Å². The van der Waals surface area contributed by atoms with Crippen molar-refractivity contribution < 1.29 is 18.3 Å². The molecule has 0 fully saturated rings. The number of hydrogen-bond donors (Lipinski definition) is 1. The van der Waals surface area contributed by atoms with Crippen LogP contribution in [0.1, 0.15) is 12.5 Å². The molecule has 2 rings (SSSR count). The number of anilines is 1. The third-order valence-corrected chi connectivity index (χ3v) is 5.11. The molecule has 1 heterocycles. The molecule has 0 aliphatic carbocycles. The first kappa shape index (κ1) is 13.4. The summed E-state index contributed by atoms with van der Waals surface area (Å²) < 4.78 is 25.4. The fourth-order valence-electron chi connectivity index (χ4n) is 2.10. The van der Waals surface area contributed by atoms with E-state index in [1.54, 1.807) is 30.3 Å². The van der Waals surface area contributed by atoms with Gasteiger partial charge in [-0.15, -0.1) is 0 Å². The normalized spacial score (nSPS) is 19.6. The summed E-state index contributed by atoms with van der Waals surface area (Å²) in [7, 11) is -4.00. The Bertz CT molecular complexity index is 663. The smallest absolute Gasteiger partial charge is 0.327 e. The lowest BCUT2D eigenvalue weighted by Gasteiger charge is -2.25. The molecule has 1 unspecified atom stereocenters. The van der Waals surface area contributed by atoms with Gasteiger partial charge in [0.1, 0.15) is 6.04 Å². The van der Waals surface area contributed by atoms with Gasteiger partial charge >= 0.3 is 5.97 Å². The summed E-state index contributed by atoms with van der Waals surface area (Å²) in [6.45, 7) is 1.25. The van der Waals surface area contributed by atoms with Crippen LogP contribution in [0.2, 0.25) is 0 Å². The highest BCUT2D eigenvalue weighted by Gasteiger charge is 2.43. The van der Waals surface area contributed by atoms with Crippen molar-refractivity contribution in [3.63, 3.8) is 0 Å². The molecule has 0 saturated carbocycles. The van der Waals surface area contributed by atoms with Gasteiger partial charge in [-0.25, -0.2) is 13.2 Å². The maximum absolute atomic E-state index is 12.3. The number of para-hydroxylation sites is 1. The van der Waals surface area contributed by atoms with E-state index in [1.807, 2.05) is 0 Å². The number of nitriles is 1. The lowest BCUT2D eigenvalue weighted by atomic mass is 10.1. The van der Waals surface area contributed by atoms with Gasteiger partial charge in [-0.05, 0) is 18.6 Å². The minimum Gasteiger partial charge on any atom is -0.480 e. The van der Waals surface area contributed by atoms with Crippen LogP contribution in [0.5, 0.6) is 0 Å². The predicted molar refractivity (Wildman–Crippen MR) is 68.0 cm³/mol. The first-order chi connectivity index (χ1) is 8.89. The summed E-state index contributed by atoms with van der Waals surface area (Å²) in [6, 6.07) is 7.08. The van der Waals surface area contributed by atoms with Crippen LogP contribution in [0.25, 0.3) is 0 Å². The number of fused-ring (bicyclic) bond motifs is 1. The molecule has 0 bridgehead atoms. The molecule has 1 N–H and O–H groups in total. The zero-order chi connectivity index (χ0) is 14.2. The zero-order valence-electron chi connectivity index (χ0n) is 10.1. The minimum absolute atomic E-state index is 0.114. The van der Waals surface area contributed by atoms with Gasteiger partial charge in [0.05, 0.1) is 11.8 Å². The van der Waals surface area contributed by atoms with E-state index in [0.717, 1.165) is 4.31 Å². The number of rotatable bonds is 3. The van der Waals surface area contributed by atoms with Crippen LogP contribution in [0, 0.1) is 11.3 Å². The van der Waals surface area contributed by atoms with Crippen molar-refractivity contribution in [1.82, 2.24) is 0 Å². The summed E-state index contributed by atoms with van der Waals surface area (Å²) in [5, 5.41) is 16.7. The molecular weight excluding hydrogens is 268 g/mol. The maximum Gasteiger partial charge on any atom is 0.327 e. The maximum atomic E-state index is 12.3. The minimum atomic E-state index is -4.00. The highest BCUT2D eigenvalue weighted by molar-refractivity contribution is 7.93. The second kappa shape index (κ2) is 4.55. The van der Waals surface area contributed by atoms with Gasteiger partial charge in [0.15, 0.2) is 5.25 Å². The van der Waals surface area contributed by atoms with E-state index in [4.69, 9.17) is 5.26 Å². The number of hydrogen-bond acceptors (Lipinski definition) is 4. The first-order valence-electron chi connectivity index (χ1n) is 5.63. The molecule has 0 spiro atoms. The zero-order valence-corrected chi connectivity index (χ0v) is 11.0. The van der Waals surface area contributed by atoms with Gasteiger partial charge < -0.3 is 5.11 Å². The van der Waals surface area contributed by atoms with Crippen LogP contribution in [-0.4, -0.2) is 30.8 Å². The summed E-state index contributed by atoms with van der Waals surface area (Å²) in [6.07, 6.45) is 0.114. The SMILES string of the molecule is CC(C#N)S(=O)(=O)N1c2ccccc2C[C@H]1C(=O)O. The van der Waals surface area contributed by atoms with Crippen molar-refractivity contribution in [2.45, 2.75) is 24.6 Å². The van der Waals surface area contributed by atoms with Gasteiger partial charge in [0, 0.05) is 6.42 Å². The number of benzene rings is 1. The van der Waals surface area contributed by atoms with Gasteiger partial charge in [0.2, 0.25) is 0 Å². The second-order valence-corrected chi connectivity index (χ2v) is 6.43. The average molecular weight is 280 g/mol. The number of aliphatic carboxylic acids is 1. The van der Waals surface area contributed by atoms with E-state index in [0.29, 0.717) is 11.3 Å². The quantitative estimate of drug-likeness (QED) is 0.880. The summed E-state index contributed by atoms with van der Waals surface area (Å²) in [4.78, 5) is 11.2. The van der Waals surface area contributed by atoms with Gasteiger partial charge in [-0.3, -0.25) is 4.31 Å². The van der Waals surface area contributed by atoms with Gasteiger partial charge in [-0.2, -0.15) is 5.26 Å². The molecule has 1 aliphatic heterocycles. The largest absolute Gasteiger partial charge is 0.480 e. The molecule has 7 heteroatoms. The van der Waals surface area contributed by atoms with Crippen molar-refractivity contribution in [3.8, 4) is 6.07 Å².